The lowest BCUT2D eigenvalue weighted by atomic mass is 9.84. The van der Waals surface area contributed by atoms with E-state index in [2.05, 4.69) is 263 Å². The van der Waals surface area contributed by atoms with Gasteiger partial charge in [0.05, 0.1) is 43.0 Å². The van der Waals surface area contributed by atoms with Gasteiger partial charge in [-0.1, -0.05) is 163 Å². The Morgan fingerprint density at radius 1 is 0.380 bits per heavy atom. The second-order valence-electron chi connectivity index (χ2n) is 40.8. The number of para-hydroxylation sites is 6. The Morgan fingerprint density at radius 3 is 1.06 bits per heavy atom. The van der Waals surface area contributed by atoms with E-state index in [9.17, 15) is 14.7 Å². The highest BCUT2D eigenvalue weighted by atomic mass is 16.5. The minimum Gasteiger partial charge on any atom is -0.494 e. The molecule has 0 amide bonds. The van der Waals surface area contributed by atoms with E-state index < -0.39 is 11.4 Å². The van der Waals surface area contributed by atoms with E-state index in [1.165, 1.54) is 113 Å². The van der Waals surface area contributed by atoms with Crippen molar-refractivity contribution in [3.63, 3.8) is 0 Å². The maximum atomic E-state index is 12.7. The largest absolute Gasteiger partial charge is 0.494 e. The van der Waals surface area contributed by atoms with Gasteiger partial charge >= 0.3 is 5.97 Å². The number of rotatable bonds is 42. The predicted octanol–water partition coefficient (Wildman–Crippen LogP) is 22.4. The minimum absolute atomic E-state index is 0.128. The van der Waals surface area contributed by atoms with E-state index in [1.807, 2.05) is 79.7 Å². The number of tetrazole rings is 3. The molecule has 0 bridgehead atoms. The highest BCUT2D eigenvalue weighted by molar-refractivity contribution is 5.96. The molecule has 27 nitrogen and oxygen atoms in total. The summed E-state index contributed by atoms with van der Waals surface area (Å²) in [6, 6.07) is 66.2. The first-order chi connectivity index (χ1) is 69.4. The van der Waals surface area contributed by atoms with Crippen LogP contribution in [0.15, 0.2) is 219 Å². The Bertz CT molecular complexity index is 6350. The van der Waals surface area contributed by atoms with Crippen molar-refractivity contribution in [2.75, 3.05) is 112 Å². The zero-order valence-corrected chi connectivity index (χ0v) is 85.0. The van der Waals surface area contributed by atoms with Crippen LogP contribution in [0.2, 0.25) is 0 Å². The van der Waals surface area contributed by atoms with Crippen LogP contribution < -0.4 is 14.2 Å². The average Bonchev–Trinajstić information content (AvgIpc) is 1.64. The van der Waals surface area contributed by atoms with Gasteiger partial charge in [0.2, 0.25) is 17.5 Å². The Morgan fingerprint density at radius 2 is 0.711 bits per heavy atom. The minimum atomic E-state index is -0.962. The molecule has 0 radical (unpaired) electrons. The summed E-state index contributed by atoms with van der Waals surface area (Å²) < 4.78 is 33.5. The number of aliphatic carboxylic acids is 1. The molecule has 8 aromatic carbocycles. The quantitative estimate of drug-likeness (QED) is 0.0204. The number of H-pyrrole nitrogens is 3. The number of nitrogens with zero attached hydrogens (tertiary/aromatic N) is 17. The molecular weight excluding hydrogens is 1770 g/mol. The molecule has 0 spiro atoms. The lowest BCUT2D eigenvalue weighted by Crippen LogP contribution is -2.34. The molecule has 11 heterocycles. The fraction of sp³-hybridized carbons (Fsp3) is 0.470. The molecule has 15 aromatic rings. The molecule has 0 unspecified atom stereocenters. The van der Waals surface area contributed by atoms with Crippen LogP contribution in [0.25, 0.3) is 77.8 Å². The number of piperidine rings is 4. The summed E-state index contributed by atoms with van der Waals surface area (Å²) in [7, 11) is 0. The van der Waals surface area contributed by atoms with Gasteiger partial charge in [0.25, 0.3) is 0 Å². The van der Waals surface area contributed by atoms with E-state index in [0.717, 1.165) is 209 Å². The molecular formula is C115H148N20O7. The van der Waals surface area contributed by atoms with Crippen LogP contribution in [0.5, 0.6) is 17.2 Å². The van der Waals surface area contributed by atoms with E-state index in [0.29, 0.717) is 77.8 Å². The first-order valence-corrected chi connectivity index (χ1v) is 52.4. The molecule has 0 aliphatic carbocycles. The number of hydrogen-bond acceptors (Lipinski definition) is 19. The first-order valence-electron chi connectivity index (χ1n) is 52.4. The van der Waals surface area contributed by atoms with Crippen LogP contribution in [0.1, 0.15) is 227 Å². The smallest absolute Gasteiger partial charge is 0.313 e. The fourth-order valence-electron chi connectivity index (χ4n) is 20.8. The highest BCUT2D eigenvalue weighted by Gasteiger charge is 2.32. The number of Topliss-reactive ketones (excluding diaryl/α,β-unsaturated/α-hetero) is 1. The molecule has 4 N–H and O–H groups in total. The van der Waals surface area contributed by atoms with Gasteiger partial charge in [0.15, 0.2) is 5.78 Å². The highest BCUT2D eigenvalue weighted by Crippen LogP contribution is 2.41. The number of carbonyl (C=O) groups is 2. The van der Waals surface area contributed by atoms with Crippen LogP contribution in [0.3, 0.4) is 0 Å². The molecule has 19 rings (SSSR count). The molecule has 4 aliphatic rings. The lowest BCUT2D eigenvalue weighted by Gasteiger charge is -2.32. The molecule has 4 saturated heterocycles. The molecule has 750 valence electrons. The van der Waals surface area contributed by atoms with Crippen molar-refractivity contribution in [1.82, 2.24) is 99.7 Å². The number of aryl methyl sites for hydroxylation is 3. The van der Waals surface area contributed by atoms with Crippen LogP contribution in [0, 0.1) is 17.8 Å². The number of ketones is 1. The van der Waals surface area contributed by atoms with Gasteiger partial charge in [-0.2, -0.15) is 15.6 Å². The number of aromatic nitrogens is 16. The maximum Gasteiger partial charge on any atom is 0.313 e. The average molecular weight is 1920 g/mol. The number of nitrogens with one attached hydrogen (secondary N) is 3. The van der Waals surface area contributed by atoms with E-state index in [4.69, 9.17) is 18.9 Å². The SMILES string of the molecule is CC(C)CCn1cc(C2CCN(CCCC(=O)c3ccc(C(C)(C)C(=O)O)cc3)CC2)c2ccccc21.CC(C)CCn1cc(C2CCN(CCCOc3ccc(-c4nn[nH]n4)cc3)CC2)c2ccccc21.CC(C)CCn1cc(C2CCN(CCCOc3ccccc3-c3nn[nH]n3)CC2)c2ccccc21.CCOCCn1cc(C2CCN(CCCOc3ccccc3-c3nn[nH]n3)CC2)c2ccccc21. The summed E-state index contributed by atoms with van der Waals surface area (Å²) in [4.78, 5) is 34.4. The Hall–Kier alpha value is -12.5. The third-order valence-corrected chi connectivity index (χ3v) is 29.3. The number of carbonyl (C=O) groups excluding carboxylic acids is 1. The second kappa shape index (κ2) is 50.9. The molecule has 0 atom stereocenters. The molecule has 7 aromatic heterocycles. The standard InChI is InChI=1S/C32H42N2O3.2C28H36N6O.C27H34N6O2/c1-23(2)15-21-34-22-28(27-8-5-6-9-29(27)34)24-16-19-33(20-17-24)18-7-10-30(35)25-11-13-26(14-12-25)32(3,4)31(36)37;1-21(2)12-18-34-20-25(23-8-3-5-10-26(23)34)22-13-16-33(17-14-22)15-7-19-35-27-11-6-4-9-24(27)28-29-31-32-30-28;1-21(2)12-18-34-20-26(25-6-3-4-7-27(25)34)22-13-16-33(17-14-22)15-5-19-35-24-10-8-23(9-11-24)28-29-31-32-30-28;1-2-34-19-17-33-20-24(22-8-3-5-10-25(22)33)21-12-15-32(16-13-21)14-7-18-35-26-11-6-4-9-23(26)27-28-30-31-29-27/h5-6,8-9,11-14,22-24H,7,10,15-21H2,1-4H3,(H,36,37);3-6,8-11,20-22H,7,12-19H2,1-2H3,(H,29,30,31,32);3-4,6-11,20-22H,5,12-19H2,1-2H3,(H,29,30,31,32);3-6,8-11,20-21H,2,7,12-19H2,1H3,(H,28,29,30,31). The Balaban J connectivity index is 0.000000136. The van der Waals surface area contributed by atoms with Gasteiger partial charge < -0.3 is 61.9 Å². The summed E-state index contributed by atoms with van der Waals surface area (Å²) in [6.07, 6.45) is 27.3. The third-order valence-electron chi connectivity index (χ3n) is 29.3. The Kier molecular flexibility index (Phi) is 36.7. The van der Waals surface area contributed by atoms with Crippen LogP contribution in [-0.4, -0.2) is 228 Å². The topological polar surface area (TPSA) is 287 Å². The number of hydrogen-bond donors (Lipinski definition) is 4. The number of likely N-dealkylation sites (tertiary alicyclic amines) is 4. The van der Waals surface area contributed by atoms with Gasteiger partial charge in [-0.15, -0.1) is 30.6 Å². The maximum absolute atomic E-state index is 12.7. The molecule has 142 heavy (non-hydrogen) atoms. The molecule has 4 aliphatic heterocycles. The van der Waals surface area contributed by atoms with Gasteiger partial charge in [-0.3, -0.25) is 9.59 Å². The van der Waals surface area contributed by atoms with Crippen molar-refractivity contribution in [3.8, 4) is 51.4 Å². The van der Waals surface area contributed by atoms with Crippen molar-refractivity contribution < 1.29 is 33.6 Å². The summed E-state index contributed by atoms with van der Waals surface area (Å²) in [5.41, 5.74) is 14.6. The zero-order chi connectivity index (χ0) is 98.5. The number of aromatic amines is 3. The van der Waals surface area contributed by atoms with Crippen molar-refractivity contribution in [2.24, 2.45) is 17.8 Å². The predicted molar refractivity (Wildman–Crippen MR) is 566 cm³/mol. The van der Waals surface area contributed by atoms with Gasteiger partial charge in [0, 0.05) is 138 Å². The molecule has 4 fully saturated rings. The number of ether oxygens (including phenoxy) is 4. The van der Waals surface area contributed by atoms with Crippen molar-refractivity contribution in [2.45, 2.75) is 220 Å². The van der Waals surface area contributed by atoms with Crippen molar-refractivity contribution in [3.05, 3.63) is 252 Å². The summed E-state index contributed by atoms with van der Waals surface area (Å²) >= 11 is 0. The second-order valence-corrected chi connectivity index (χ2v) is 40.8. The summed E-state index contributed by atoms with van der Waals surface area (Å²) in [5.74, 6) is 8.12. The number of benzene rings is 8. The van der Waals surface area contributed by atoms with E-state index in [-0.39, 0.29) is 5.78 Å². The van der Waals surface area contributed by atoms with Crippen molar-refractivity contribution in [1.29, 1.82) is 0 Å². The monoisotopic (exact) mass is 1920 g/mol. The summed E-state index contributed by atoms with van der Waals surface area (Å²) in [6.45, 7) is 40.2. The van der Waals surface area contributed by atoms with E-state index in [1.54, 1.807) is 49.2 Å². The molecule has 0 saturated carbocycles. The zero-order valence-electron chi connectivity index (χ0n) is 85.0. The number of fused-ring (bicyclic) bond motifs is 4. The van der Waals surface area contributed by atoms with Crippen LogP contribution in [0.4, 0.5) is 0 Å². The fourth-order valence-corrected chi connectivity index (χ4v) is 20.8. The van der Waals surface area contributed by atoms with E-state index >= 15 is 0 Å². The Labute approximate surface area is 837 Å². The van der Waals surface area contributed by atoms with Crippen LogP contribution >= 0.6 is 0 Å². The normalized spacial score (nSPS) is 15.3. The van der Waals surface area contributed by atoms with Gasteiger partial charge in [-0.25, -0.2) is 0 Å². The van der Waals surface area contributed by atoms with Crippen molar-refractivity contribution >= 4 is 55.4 Å². The number of carboxylic acids is 1. The third kappa shape index (κ3) is 27.3. The number of carboxylic acid groups (broad SMARTS) is 1. The molecule has 27 heteroatoms. The van der Waals surface area contributed by atoms with Gasteiger partial charge in [-0.05, 0) is 334 Å². The van der Waals surface area contributed by atoms with Crippen LogP contribution in [-0.2, 0) is 41.1 Å². The van der Waals surface area contributed by atoms with Gasteiger partial charge in [0.1, 0.15) is 17.2 Å². The first kappa shape index (κ1) is 102. The lowest BCUT2D eigenvalue weighted by molar-refractivity contribution is -0.142. The summed E-state index contributed by atoms with van der Waals surface area (Å²) in [5, 5.41) is 57.8.